The number of hydrogen-bond acceptors (Lipinski definition) is 9. The molecular formula is C31H39N3O6. The van der Waals surface area contributed by atoms with Crippen molar-refractivity contribution in [1.29, 1.82) is 0 Å². The number of anilines is 3. The van der Waals surface area contributed by atoms with Crippen LogP contribution in [-0.4, -0.2) is 103 Å². The summed E-state index contributed by atoms with van der Waals surface area (Å²) in [6.07, 6.45) is 4.20. The Hall–Kier alpha value is -2.56. The van der Waals surface area contributed by atoms with Crippen LogP contribution in [0, 0.1) is 5.92 Å². The molecule has 6 fully saturated rings. The van der Waals surface area contributed by atoms with E-state index >= 15 is 0 Å². The summed E-state index contributed by atoms with van der Waals surface area (Å²) in [5, 5.41) is 0. The zero-order chi connectivity index (χ0) is 26.5. The minimum absolute atomic E-state index is 0.262. The van der Waals surface area contributed by atoms with Gasteiger partial charge in [0, 0.05) is 50.6 Å². The van der Waals surface area contributed by atoms with Crippen LogP contribution in [0.25, 0.3) is 0 Å². The van der Waals surface area contributed by atoms with Gasteiger partial charge in [0.05, 0.1) is 69.2 Å². The lowest BCUT2D eigenvalue weighted by Crippen LogP contribution is -2.33. The van der Waals surface area contributed by atoms with Crippen molar-refractivity contribution in [2.75, 3.05) is 87.0 Å². The third-order valence-electron chi connectivity index (χ3n) is 8.39. The van der Waals surface area contributed by atoms with Crippen molar-refractivity contribution in [1.82, 2.24) is 0 Å². The van der Waals surface area contributed by atoms with Crippen LogP contribution in [0.2, 0.25) is 0 Å². The minimum Gasteiger partial charge on any atom is -0.455 e. The van der Waals surface area contributed by atoms with E-state index in [2.05, 4.69) is 57.2 Å². The molecular weight excluding hydrogens is 510 g/mol. The van der Waals surface area contributed by atoms with Gasteiger partial charge in [-0.1, -0.05) is 0 Å². The Bertz CT molecular complexity index is 1130. The second-order valence-corrected chi connectivity index (χ2v) is 12.2. The Morgan fingerprint density at radius 2 is 1.00 bits per heavy atom. The summed E-state index contributed by atoms with van der Waals surface area (Å²) < 4.78 is 34.6. The van der Waals surface area contributed by atoms with Crippen LogP contribution in [-0.2, 0) is 23.7 Å². The third-order valence-corrected chi connectivity index (χ3v) is 8.39. The van der Waals surface area contributed by atoms with E-state index in [9.17, 15) is 0 Å². The van der Waals surface area contributed by atoms with E-state index in [0.717, 1.165) is 95.4 Å². The fourth-order valence-electron chi connectivity index (χ4n) is 5.44. The highest BCUT2D eigenvalue weighted by atomic mass is 16.6. The first kappa shape index (κ1) is 25.2. The molecule has 6 aliphatic rings. The normalized spacial score (nSPS) is 29.1. The molecule has 5 saturated heterocycles. The van der Waals surface area contributed by atoms with Crippen LogP contribution >= 0.6 is 0 Å². The molecule has 8 rings (SSSR count). The van der Waals surface area contributed by atoms with Gasteiger partial charge in [-0.2, -0.15) is 0 Å². The topological polar surface area (TPSA) is 81.6 Å². The Balaban J connectivity index is 1.05. The molecule has 0 spiro atoms. The molecule has 5 atom stereocenters. The van der Waals surface area contributed by atoms with E-state index in [1.54, 1.807) is 0 Å². The molecule has 5 heterocycles. The van der Waals surface area contributed by atoms with Gasteiger partial charge in [0.15, 0.2) is 5.75 Å². The monoisotopic (exact) mass is 549 g/mol. The molecule has 9 heteroatoms. The quantitative estimate of drug-likeness (QED) is 0.276. The molecule has 0 aromatic heterocycles. The van der Waals surface area contributed by atoms with E-state index in [1.807, 2.05) is 0 Å². The van der Waals surface area contributed by atoms with Gasteiger partial charge in [0.25, 0.3) is 0 Å². The lowest BCUT2D eigenvalue weighted by molar-refractivity contribution is 0.387. The van der Waals surface area contributed by atoms with Crippen molar-refractivity contribution < 1.29 is 28.4 Å². The highest BCUT2D eigenvalue weighted by Gasteiger charge is 2.35. The second-order valence-electron chi connectivity index (χ2n) is 12.2. The molecule has 2 aromatic carbocycles. The van der Waals surface area contributed by atoms with Gasteiger partial charge in [-0.3, -0.25) is 0 Å². The predicted molar refractivity (Wildman–Crippen MR) is 151 cm³/mol. The number of benzene rings is 2. The second kappa shape index (κ2) is 10.7. The zero-order valence-corrected chi connectivity index (χ0v) is 23.0. The Morgan fingerprint density at radius 3 is 1.48 bits per heavy atom. The van der Waals surface area contributed by atoms with Crippen LogP contribution in [0.15, 0.2) is 42.5 Å². The van der Waals surface area contributed by atoms with E-state index in [4.69, 9.17) is 28.4 Å². The highest BCUT2D eigenvalue weighted by molar-refractivity contribution is 5.68. The van der Waals surface area contributed by atoms with Crippen LogP contribution < -0.4 is 19.4 Å². The summed E-state index contributed by atoms with van der Waals surface area (Å²) in [5.74, 6) is 2.51. The lowest BCUT2D eigenvalue weighted by Gasteiger charge is -2.29. The maximum atomic E-state index is 6.60. The third kappa shape index (κ3) is 6.83. The van der Waals surface area contributed by atoms with Gasteiger partial charge in [0.1, 0.15) is 5.75 Å². The summed E-state index contributed by atoms with van der Waals surface area (Å²) in [4.78, 5) is 7.26. The molecule has 0 N–H and O–H groups in total. The molecule has 0 bridgehead atoms. The SMILES string of the molecule is c1cc(N(CC2CC2)CC2CO2)ccc1Oc1ccc(N(CC2CO2)CC2CO2)cc1N(CC1CO1)CC1CO1. The van der Waals surface area contributed by atoms with Crippen molar-refractivity contribution in [3.05, 3.63) is 42.5 Å². The number of ether oxygens (including phenoxy) is 6. The minimum atomic E-state index is 0.262. The van der Waals surface area contributed by atoms with Gasteiger partial charge in [0.2, 0.25) is 0 Å². The summed E-state index contributed by atoms with van der Waals surface area (Å²) in [6, 6.07) is 15.1. The number of rotatable bonds is 17. The molecule has 214 valence electrons. The van der Waals surface area contributed by atoms with E-state index in [1.165, 1.54) is 24.2 Å². The molecule has 0 amide bonds. The smallest absolute Gasteiger partial charge is 0.150 e. The van der Waals surface area contributed by atoms with Gasteiger partial charge < -0.3 is 43.1 Å². The predicted octanol–water partition coefficient (Wildman–Crippen LogP) is 3.30. The van der Waals surface area contributed by atoms with Crippen LogP contribution in [0.5, 0.6) is 11.5 Å². The molecule has 1 aliphatic carbocycles. The van der Waals surface area contributed by atoms with Crippen molar-refractivity contribution >= 4 is 17.1 Å². The fraction of sp³-hybridized carbons (Fsp3) is 0.613. The molecule has 2 aromatic rings. The highest BCUT2D eigenvalue weighted by Crippen LogP contribution is 2.39. The number of epoxide rings is 5. The first-order valence-electron chi connectivity index (χ1n) is 15.0. The number of nitrogens with zero attached hydrogens (tertiary/aromatic N) is 3. The van der Waals surface area contributed by atoms with E-state index in [0.29, 0.717) is 18.3 Å². The molecule has 5 unspecified atom stereocenters. The van der Waals surface area contributed by atoms with Gasteiger partial charge in [-0.15, -0.1) is 0 Å². The summed E-state index contributed by atoms with van der Waals surface area (Å²) in [7, 11) is 0. The average Bonchev–Trinajstić information content (AvgIpc) is 3.71. The van der Waals surface area contributed by atoms with Gasteiger partial charge in [-0.25, -0.2) is 0 Å². The molecule has 5 aliphatic heterocycles. The average molecular weight is 550 g/mol. The van der Waals surface area contributed by atoms with Gasteiger partial charge >= 0.3 is 0 Å². The van der Waals surface area contributed by atoms with Crippen LogP contribution in [0.3, 0.4) is 0 Å². The Labute approximate surface area is 235 Å². The summed E-state index contributed by atoms with van der Waals surface area (Å²) in [6.45, 7) is 9.67. The Kier molecular flexibility index (Phi) is 6.73. The summed E-state index contributed by atoms with van der Waals surface area (Å²) in [5.41, 5.74) is 3.48. The molecule has 0 radical (unpaired) electrons. The molecule has 40 heavy (non-hydrogen) atoms. The van der Waals surface area contributed by atoms with Crippen molar-refractivity contribution in [3.8, 4) is 11.5 Å². The number of hydrogen-bond donors (Lipinski definition) is 0. The van der Waals surface area contributed by atoms with Crippen LogP contribution in [0.4, 0.5) is 17.1 Å². The zero-order valence-electron chi connectivity index (χ0n) is 23.0. The van der Waals surface area contributed by atoms with Crippen molar-refractivity contribution in [2.45, 2.75) is 43.4 Å². The van der Waals surface area contributed by atoms with Gasteiger partial charge in [-0.05, 0) is 61.2 Å². The first-order chi connectivity index (χ1) is 19.7. The van der Waals surface area contributed by atoms with Crippen LogP contribution in [0.1, 0.15) is 12.8 Å². The first-order valence-corrected chi connectivity index (χ1v) is 15.0. The maximum absolute atomic E-state index is 6.60. The molecule has 1 saturated carbocycles. The molecule has 9 nitrogen and oxygen atoms in total. The van der Waals surface area contributed by atoms with E-state index in [-0.39, 0.29) is 12.2 Å². The van der Waals surface area contributed by atoms with Crippen molar-refractivity contribution in [2.24, 2.45) is 5.92 Å². The Morgan fingerprint density at radius 1 is 0.550 bits per heavy atom. The summed E-state index contributed by atoms with van der Waals surface area (Å²) >= 11 is 0. The van der Waals surface area contributed by atoms with E-state index < -0.39 is 0 Å². The fourth-order valence-corrected chi connectivity index (χ4v) is 5.44. The van der Waals surface area contributed by atoms with Crippen molar-refractivity contribution in [3.63, 3.8) is 0 Å². The largest absolute Gasteiger partial charge is 0.455 e. The maximum Gasteiger partial charge on any atom is 0.150 e. The lowest BCUT2D eigenvalue weighted by atomic mass is 10.1. The standard InChI is InChI=1S/C31H39N3O6/c1-2-21(1)10-32(11-25-16-35-25)22-3-6-24(7-4-22)40-31-8-5-23(33(12-26-17-36-26)13-27-18-37-27)9-30(31)34(14-28-19-38-28)15-29-20-39-29/h3-9,21,25-29H,1-2,10-20H2.